The Hall–Kier alpha value is -0.0800. The molecule has 18 heavy (non-hydrogen) atoms. The van der Waals surface area contributed by atoms with Gasteiger partial charge < -0.3 is 10.6 Å². The van der Waals surface area contributed by atoms with E-state index in [9.17, 15) is 0 Å². The average Bonchev–Trinajstić information content (AvgIpc) is 2.09. The largest absolute Gasteiger partial charge is 0.329 e. The van der Waals surface area contributed by atoms with Gasteiger partial charge in [-0.3, -0.25) is 0 Å². The van der Waals surface area contributed by atoms with Gasteiger partial charge in [-0.2, -0.15) is 0 Å². The van der Waals surface area contributed by atoms with E-state index in [1.165, 1.54) is 45.1 Å². The molecule has 0 radical (unpaired) electrons. The van der Waals surface area contributed by atoms with Crippen molar-refractivity contribution in [3.8, 4) is 0 Å². The van der Waals surface area contributed by atoms with Gasteiger partial charge in [-0.15, -0.1) is 0 Å². The summed E-state index contributed by atoms with van der Waals surface area (Å²) in [5.41, 5.74) is 7.63. The van der Waals surface area contributed by atoms with Gasteiger partial charge in [-0.05, 0) is 67.7 Å². The molecule has 4 fully saturated rings. The smallest absolute Gasteiger partial charge is 0.0102 e. The minimum atomic E-state index is 0.618. The predicted molar refractivity (Wildman–Crippen MR) is 76.4 cm³/mol. The molecule has 0 aromatic heterocycles. The quantitative estimate of drug-likeness (QED) is 0.831. The molecule has 0 heterocycles. The summed E-state index contributed by atoms with van der Waals surface area (Å²) in [6, 6.07) is 0. The molecule has 0 amide bonds. The van der Waals surface area contributed by atoms with Crippen molar-refractivity contribution in [2.24, 2.45) is 27.9 Å². The normalized spacial score (nSPS) is 50.2. The van der Waals surface area contributed by atoms with Crippen LogP contribution in [0.3, 0.4) is 0 Å². The average molecular weight is 250 g/mol. The SMILES string of the molecule is CN(CCN)CC12CC3CC(C)(CC(C)(C3)C1)C2. The van der Waals surface area contributed by atoms with Crippen molar-refractivity contribution in [1.82, 2.24) is 4.90 Å². The number of likely N-dealkylation sites (N-methyl/N-ethyl adjacent to an activating group) is 1. The van der Waals surface area contributed by atoms with Gasteiger partial charge in [-0.25, -0.2) is 0 Å². The summed E-state index contributed by atoms with van der Waals surface area (Å²) in [6.45, 7) is 8.26. The van der Waals surface area contributed by atoms with Crippen LogP contribution in [0.5, 0.6) is 0 Å². The molecule has 0 aromatic carbocycles. The Bertz CT molecular complexity index is 320. The molecule has 4 aliphatic rings. The highest BCUT2D eigenvalue weighted by Crippen LogP contribution is 2.69. The number of rotatable bonds is 4. The van der Waals surface area contributed by atoms with E-state index in [0.29, 0.717) is 16.2 Å². The summed E-state index contributed by atoms with van der Waals surface area (Å²) in [6.07, 6.45) is 8.93. The molecule has 2 nitrogen and oxygen atoms in total. The lowest BCUT2D eigenvalue weighted by atomic mass is 9.40. The summed E-state index contributed by atoms with van der Waals surface area (Å²) in [5.74, 6) is 1.02. The van der Waals surface area contributed by atoms with Gasteiger partial charge in [0.1, 0.15) is 0 Å². The molecule has 0 spiro atoms. The van der Waals surface area contributed by atoms with Gasteiger partial charge in [-0.1, -0.05) is 13.8 Å². The zero-order valence-electron chi connectivity index (χ0n) is 12.5. The van der Waals surface area contributed by atoms with Crippen LogP contribution in [0.4, 0.5) is 0 Å². The molecule has 4 rings (SSSR count). The number of nitrogens with two attached hydrogens (primary N) is 1. The van der Waals surface area contributed by atoms with Crippen LogP contribution in [-0.2, 0) is 0 Å². The van der Waals surface area contributed by atoms with E-state index < -0.39 is 0 Å². The van der Waals surface area contributed by atoms with E-state index in [0.717, 1.165) is 19.0 Å². The van der Waals surface area contributed by atoms with Gasteiger partial charge in [0, 0.05) is 19.6 Å². The van der Waals surface area contributed by atoms with Crippen LogP contribution in [0.2, 0.25) is 0 Å². The number of hydrogen-bond acceptors (Lipinski definition) is 2. The summed E-state index contributed by atoms with van der Waals surface area (Å²) in [4.78, 5) is 2.49. The second-order valence-electron chi connectivity index (χ2n) is 8.66. The molecule has 0 aliphatic heterocycles. The zero-order chi connectivity index (χ0) is 13.0. The fraction of sp³-hybridized carbons (Fsp3) is 1.00. The van der Waals surface area contributed by atoms with Crippen LogP contribution in [0.25, 0.3) is 0 Å². The molecular weight excluding hydrogens is 220 g/mol. The number of nitrogens with zero attached hydrogens (tertiary/aromatic N) is 1. The summed E-state index contributed by atoms with van der Waals surface area (Å²) in [5, 5.41) is 0. The van der Waals surface area contributed by atoms with Crippen LogP contribution in [0.1, 0.15) is 52.4 Å². The molecule has 0 aromatic rings. The van der Waals surface area contributed by atoms with Gasteiger partial charge in [0.05, 0.1) is 0 Å². The Morgan fingerprint density at radius 3 is 2.17 bits per heavy atom. The van der Waals surface area contributed by atoms with E-state index in [1.807, 2.05) is 0 Å². The van der Waals surface area contributed by atoms with Crippen molar-refractivity contribution < 1.29 is 0 Å². The highest BCUT2D eigenvalue weighted by molar-refractivity contribution is 5.10. The Morgan fingerprint density at radius 2 is 1.67 bits per heavy atom. The first-order chi connectivity index (χ1) is 8.36. The van der Waals surface area contributed by atoms with Crippen molar-refractivity contribution >= 4 is 0 Å². The van der Waals surface area contributed by atoms with Gasteiger partial charge in [0.15, 0.2) is 0 Å². The van der Waals surface area contributed by atoms with Crippen LogP contribution in [-0.4, -0.2) is 31.6 Å². The lowest BCUT2D eigenvalue weighted by Crippen LogP contribution is -2.58. The topological polar surface area (TPSA) is 29.3 Å². The summed E-state index contributed by atoms with van der Waals surface area (Å²) >= 11 is 0. The fourth-order valence-electron chi connectivity index (χ4n) is 6.73. The molecule has 2 atom stereocenters. The maximum Gasteiger partial charge on any atom is 0.0102 e. The second kappa shape index (κ2) is 3.96. The lowest BCUT2D eigenvalue weighted by Gasteiger charge is -2.66. The number of hydrogen-bond donors (Lipinski definition) is 1. The van der Waals surface area contributed by atoms with Crippen LogP contribution < -0.4 is 5.73 Å². The molecule has 0 saturated heterocycles. The third kappa shape index (κ3) is 2.12. The van der Waals surface area contributed by atoms with Crippen molar-refractivity contribution in [2.45, 2.75) is 52.4 Å². The monoisotopic (exact) mass is 250 g/mol. The van der Waals surface area contributed by atoms with E-state index >= 15 is 0 Å². The van der Waals surface area contributed by atoms with Crippen LogP contribution in [0.15, 0.2) is 0 Å². The second-order valence-corrected chi connectivity index (χ2v) is 8.66. The van der Waals surface area contributed by atoms with E-state index in [1.54, 1.807) is 0 Å². The first-order valence-corrected chi connectivity index (χ1v) is 7.75. The van der Waals surface area contributed by atoms with Crippen molar-refractivity contribution in [3.63, 3.8) is 0 Å². The third-order valence-corrected chi connectivity index (χ3v) is 5.86. The zero-order valence-corrected chi connectivity index (χ0v) is 12.5. The molecule has 4 saturated carbocycles. The van der Waals surface area contributed by atoms with Gasteiger partial charge in [0.2, 0.25) is 0 Å². The van der Waals surface area contributed by atoms with Crippen LogP contribution in [0, 0.1) is 22.2 Å². The summed E-state index contributed by atoms with van der Waals surface area (Å²) < 4.78 is 0. The van der Waals surface area contributed by atoms with Crippen molar-refractivity contribution in [3.05, 3.63) is 0 Å². The molecule has 2 N–H and O–H groups in total. The van der Waals surface area contributed by atoms with Crippen molar-refractivity contribution in [1.29, 1.82) is 0 Å². The third-order valence-electron chi connectivity index (χ3n) is 5.86. The lowest BCUT2D eigenvalue weighted by molar-refractivity contribution is -0.151. The predicted octanol–water partition coefficient (Wildman–Crippen LogP) is 2.87. The Balaban J connectivity index is 1.80. The minimum absolute atomic E-state index is 0.618. The van der Waals surface area contributed by atoms with E-state index in [4.69, 9.17) is 5.73 Å². The maximum absolute atomic E-state index is 5.71. The highest BCUT2D eigenvalue weighted by atomic mass is 15.1. The highest BCUT2D eigenvalue weighted by Gasteiger charge is 2.59. The minimum Gasteiger partial charge on any atom is -0.329 e. The first-order valence-electron chi connectivity index (χ1n) is 7.75. The Kier molecular flexibility index (Phi) is 2.84. The van der Waals surface area contributed by atoms with E-state index in [-0.39, 0.29) is 0 Å². The molecule has 2 unspecified atom stereocenters. The van der Waals surface area contributed by atoms with E-state index in [2.05, 4.69) is 25.8 Å². The Morgan fingerprint density at radius 1 is 1.06 bits per heavy atom. The molecule has 4 aliphatic carbocycles. The van der Waals surface area contributed by atoms with Crippen LogP contribution >= 0.6 is 0 Å². The van der Waals surface area contributed by atoms with Gasteiger partial charge >= 0.3 is 0 Å². The summed E-state index contributed by atoms with van der Waals surface area (Å²) in [7, 11) is 2.26. The first kappa shape index (κ1) is 12.9. The molecular formula is C16H30N2. The Labute approximate surface area is 112 Å². The maximum atomic E-state index is 5.71. The molecule has 4 bridgehead atoms. The molecule has 104 valence electrons. The van der Waals surface area contributed by atoms with Gasteiger partial charge in [0.25, 0.3) is 0 Å². The fourth-order valence-corrected chi connectivity index (χ4v) is 6.73. The standard InChI is InChI=1S/C16H30N2/c1-14-6-13-7-15(2,9-14)11-16(8-13,10-14)12-18(3)5-4-17/h13H,4-12,17H2,1-3H3. The van der Waals surface area contributed by atoms with Crippen molar-refractivity contribution in [2.75, 3.05) is 26.7 Å². The molecule has 2 heteroatoms.